The fourth-order valence-corrected chi connectivity index (χ4v) is 0. The Bertz CT molecular complexity index is 5.51. The molecule has 0 amide bonds. The minimum Gasteiger partial charge on any atom is -0.147 e. The van der Waals surface area contributed by atoms with E-state index in [4.69, 9.17) is 0 Å². The predicted molar refractivity (Wildman–Crippen MR) is 40.5 cm³/mol. The van der Waals surface area contributed by atoms with E-state index in [9.17, 15) is 0 Å². The van der Waals surface area contributed by atoms with Crippen molar-refractivity contribution in [1.82, 2.24) is 0 Å². The maximum atomic E-state index is 0. The highest BCUT2D eigenvalue weighted by Gasteiger charge is 0.00106. The second kappa shape index (κ2) is 81.2. The van der Waals surface area contributed by atoms with E-state index in [1.807, 2.05) is 0 Å². The largest absolute Gasteiger partial charge is 0.147 e. The van der Waals surface area contributed by atoms with Crippen LogP contribution in [-0.4, -0.2) is 21.9 Å². The van der Waals surface area contributed by atoms with E-state index in [1.165, 1.54) is 0 Å². The minimum atomic E-state index is 0. The van der Waals surface area contributed by atoms with Crippen LogP contribution in [0.1, 0.15) is 0 Å². The number of hydrogen-bond donors (Lipinski definition) is 0. The van der Waals surface area contributed by atoms with E-state index in [0.29, 0.717) is 0 Å². The second-order valence-corrected chi connectivity index (χ2v) is 0. The summed E-state index contributed by atoms with van der Waals surface area (Å²) in [6.45, 7) is 0. The zero-order chi connectivity index (χ0) is 0. The SMILES string of the molecule is Cl.Cl.Cl.Cl.[Si].[Si]. The molecule has 40 valence electrons. The first-order valence-corrected chi connectivity index (χ1v) is 0. The molecule has 8 radical (unpaired) electrons. The van der Waals surface area contributed by atoms with Crippen LogP contribution < -0.4 is 0 Å². The molecule has 0 aromatic heterocycles. The second-order valence-electron chi connectivity index (χ2n) is 0. The molecule has 0 nitrogen and oxygen atoms in total. The molecule has 0 aromatic carbocycles. The molecular weight excluding hydrogens is 198 g/mol. The normalized spacial score (nSPS) is 0. The molecule has 0 heterocycles. The van der Waals surface area contributed by atoms with Crippen LogP contribution in [0.15, 0.2) is 0 Å². The molecule has 0 unspecified atom stereocenters. The number of rotatable bonds is 0. The fourth-order valence-electron chi connectivity index (χ4n) is 0. The molecule has 0 aliphatic heterocycles. The van der Waals surface area contributed by atoms with Crippen LogP contribution in [0.25, 0.3) is 0 Å². The Kier molecular flexibility index (Phi) is 1760. The first kappa shape index (κ1) is 130. The molecule has 0 rings (SSSR count). The minimum absolute atomic E-state index is 0. The molecule has 0 bridgehead atoms. The summed E-state index contributed by atoms with van der Waals surface area (Å²) in [5.74, 6) is 0. The summed E-state index contributed by atoms with van der Waals surface area (Å²) < 4.78 is 0. The molecule has 0 aromatic rings. The van der Waals surface area contributed by atoms with Gasteiger partial charge in [-0.2, -0.15) is 0 Å². The molecule has 6 heteroatoms. The average molecular weight is 202 g/mol. The van der Waals surface area contributed by atoms with Gasteiger partial charge in [-0.25, -0.2) is 0 Å². The van der Waals surface area contributed by atoms with Gasteiger partial charge in [0.25, 0.3) is 0 Å². The summed E-state index contributed by atoms with van der Waals surface area (Å²) in [6.07, 6.45) is 0. The first-order chi connectivity index (χ1) is 0. The first-order valence-electron chi connectivity index (χ1n) is 0. The third-order valence-electron chi connectivity index (χ3n) is 0. The topological polar surface area (TPSA) is 0 Å². The third-order valence-corrected chi connectivity index (χ3v) is 0. The van der Waals surface area contributed by atoms with E-state index in [1.54, 1.807) is 0 Å². The van der Waals surface area contributed by atoms with Crippen molar-refractivity contribution in [2.75, 3.05) is 0 Å². The molecule has 0 N–H and O–H groups in total. The summed E-state index contributed by atoms with van der Waals surface area (Å²) in [5.41, 5.74) is 0. The fraction of sp³-hybridized carbons (Fsp3) is 0. The van der Waals surface area contributed by atoms with Crippen LogP contribution in [0.4, 0.5) is 0 Å². The summed E-state index contributed by atoms with van der Waals surface area (Å²) >= 11 is 0. The van der Waals surface area contributed by atoms with Crippen molar-refractivity contribution in [2.45, 2.75) is 0 Å². The van der Waals surface area contributed by atoms with Crippen molar-refractivity contribution >= 4 is 71.6 Å². The zero-order valence-corrected chi connectivity index (χ0v) is 7.90. The van der Waals surface area contributed by atoms with Gasteiger partial charge in [0.15, 0.2) is 0 Å². The van der Waals surface area contributed by atoms with Gasteiger partial charge < -0.3 is 0 Å². The summed E-state index contributed by atoms with van der Waals surface area (Å²) in [6, 6.07) is 0. The lowest BCUT2D eigenvalue weighted by Crippen LogP contribution is -0.382. The number of hydrogen-bond acceptors (Lipinski definition) is 0. The molecule has 0 atom stereocenters. The van der Waals surface area contributed by atoms with Crippen LogP contribution in [0.2, 0.25) is 0 Å². The summed E-state index contributed by atoms with van der Waals surface area (Å²) in [7, 11) is 0. The highest BCUT2D eigenvalue weighted by Crippen LogP contribution is 0.693. The lowest BCUT2D eigenvalue weighted by Gasteiger charge is -0.148. The van der Waals surface area contributed by atoms with E-state index < -0.39 is 0 Å². The molecular formula is H4Cl4Si2. The van der Waals surface area contributed by atoms with Gasteiger partial charge in [-0.3, -0.25) is 0 Å². The van der Waals surface area contributed by atoms with Gasteiger partial charge >= 0.3 is 0 Å². The Labute approximate surface area is 71.5 Å². The van der Waals surface area contributed by atoms with Crippen LogP contribution in [-0.2, 0) is 0 Å². The Hall–Kier alpha value is 1.59. The van der Waals surface area contributed by atoms with Crippen molar-refractivity contribution in [3.05, 3.63) is 0 Å². The smallest absolute Gasteiger partial charge is 0 e. The number of halogens is 4. The van der Waals surface area contributed by atoms with Crippen molar-refractivity contribution < 1.29 is 0 Å². The Morgan fingerprint density at radius 1 is 0.333 bits per heavy atom. The van der Waals surface area contributed by atoms with Crippen LogP contribution >= 0.6 is 49.6 Å². The van der Waals surface area contributed by atoms with Gasteiger partial charge in [-0.05, 0) is 0 Å². The molecule has 0 spiro atoms. The van der Waals surface area contributed by atoms with Gasteiger partial charge in [0.1, 0.15) is 0 Å². The van der Waals surface area contributed by atoms with Crippen molar-refractivity contribution in [1.29, 1.82) is 0 Å². The quantitative estimate of drug-likeness (QED) is 0.512. The van der Waals surface area contributed by atoms with Crippen LogP contribution in [0, 0.1) is 0 Å². The molecule has 0 saturated carbocycles. The van der Waals surface area contributed by atoms with E-state index in [0.717, 1.165) is 0 Å². The van der Waals surface area contributed by atoms with Gasteiger partial charge in [0, 0.05) is 21.9 Å². The average Bonchev–Trinajstić information content (AvgIpc) is 0. The van der Waals surface area contributed by atoms with Gasteiger partial charge in [-0.1, -0.05) is 0 Å². The zero-order valence-electron chi connectivity index (χ0n) is 2.63. The van der Waals surface area contributed by atoms with E-state index in [-0.39, 0.29) is 71.6 Å². The van der Waals surface area contributed by atoms with Crippen LogP contribution in [0.5, 0.6) is 0 Å². The maximum absolute atomic E-state index is 0. The lowest BCUT2D eigenvalue weighted by atomic mass is 28.1. The Balaban J connectivity index is 0. The maximum Gasteiger partial charge on any atom is 0 e. The highest BCUT2D eigenvalue weighted by atomic mass is 35.5. The van der Waals surface area contributed by atoms with Gasteiger partial charge in [-0.15, -0.1) is 49.6 Å². The van der Waals surface area contributed by atoms with Crippen molar-refractivity contribution in [3.63, 3.8) is 0 Å². The van der Waals surface area contributed by atoms with Crippen molar-refractivity contribution in [2.24, 2.45) is 0 Å². The highest BCUT2D eigenvalue weighted by molar-refractivity contribution is 5.86. The standard InChI is InChI=1S/4ClH.2Si/h4*1H;;. The van der Waals surface area contributed by atoms with Crippen LogP contribution in [0.3, 0.4) is 0 Å². The van der Waals surface area contributed by atoms with E-state index in [2.05, 4.69) is 0 Å². The monoisotopic (exact) mass is 200 g/mol. The predicted octanol–water partition coefficient (Wildman–Crippen LogP) is 0.926. The molecule has 0 aliphatic rings. The van der Waals surface area contributed by atoms with Crippen molar-refractivity contribution in [3.8, 4) is 0 Å². The Morgan fingerprint density at radius 3 is 0.333 bits per heavy atom. The molecule has 6 heavy (non-hydrogen) atoms. The van der Waals surface area contributed by atoms with E-state index >= 15 is 0 Å². The lowest BCUT2D eigenvalue weighted by molar-refractivity contribution is 5.75. The van der Waals surface area contributed by atoms with Gasteiger partial charge in [0.2, 0.25) is 0 Å². The molecule has 0 fully saturated rings. The third kappa shape index (κ3) is 46.5. The summed E-state index contributed by atoms with van der Waals surface area (Å²) in [4.78, 5) is 0. The molecule has 0 aliphatic carbocycles. The molecule has 0 saturated heterocycles. The summed E-state index contributed by atoms with van der Waals surface area (Å²) in [5, 5.41) is 0. The Morgan fingerprint density at radius 2 is 0.333 bits per heavy atom. The van der Waals surface area contributed by atoms with Gasteiger partial charge in [0.05, 0.1) is 0 Å².